The number of carbonyl (C=O) groups is 1. The molecule has 0 radical (unpaired) electrons. The van der Waals surface area contributed by atoms with Crippen molar-refractivity contribution in [1.82, 2.24) is 0 Å². The fraction of sp³-hybridized carbons (Fsp3) is 0.750. The molecule has 2 nitrogen and oxygen atoms in total. The van der Waals surface area contributed by atoms with Gasteiger partial charge in [-0.1, -0.05) is 56.9 Å². The van der Waals surface area contributed by atoms with Crippen LogP contribution in [-0.2, 0) is 4.79 Å². The molecule has 1 fully saturated rings. The van der Waals surface area contributed by atoms with Crippen LogP contribution in [0.4, 0.5) is 0 Å². The van der Waals surface area contributed by atoms with Crippen molar-refractivity contribution < 1.29 is 9.90 Å². The summed E-state index contributed by atoms with van der Waals surface area (Å²) in [6.07, 6.45) is 22.8. The molecular weight excluding hydrogens is 272 g/mol. The van der Waals surface area contributed by atoms with E-state index in [2.05, 4.69) is 31.2 Å². The molecule has 2 heteroatoms. The van der Waals surface area contributed by atoms with E-state index in [1.165, 1.54) is 44.9 Å². The van der Waals surface area contributed by atoms with Crippen LogP contribution in [0.2, 0.25) is 0 Å². The van der Waals surface area contributed by atoms with Gasteiger partial charge in [0.05, 0.1) is 0 Å². The maximum Gasteiger partial charge on any atom is 0.303 e. The van der Waals surface area contributed by atoms with E-state index < -0.39 is 5.97 Å². The van der Waals surface area contributed by atoms with Crippen LogP contribution < -0.4 is 0 Å². The highest BCUT2D eigenvalue weighted by Gasteiger charge is 2.34. The van der Waals surface area contributed by atoms with Crippen molar-refractivity contribution in [3.63, 3.8) is 0 Å². The van der Waals surface area contributed by atoms with Crippen LogP contribution in [0.5, 0.6) is 0 Å². The van der Waals surface area contributed by atoms with Gasteiger partial charge in [-0.3, -0.25) is 4.79 Å². The third-order valence-corrected chi connectivity index (χ3v) is 4.57. The summed E-state index contributed by atoms with van der Waals surface area (Å²) in [5, 5.41) is 8.52. The van der Waals surface area contributed by atoms with Gasteiger partial charge in [0.2, 0.25) is 0 Å². The molecule has 0 aliphatic heterocycles. The molecule has 0 aromatic heterocycles. The third kappa shape index (κ3) is 10.6. The molecule has 0 unspecified atom stereocenters. The molecule has 0 amide bonds. The third-order valence-electron chi connectivity index (χ3n) is 4.57. The Morgan fingerprint density at radius 2 is 1.68 bits per heavy atom. The van der Waals surface area contributed by atoms with Crippen LogP contribution in [0.15, 0.2) is 24.3 Å². The zero-order valence-electron chi connectivity index (χ0n) is 14.3. The Hall–Kier alpha value is -1.05. The number of hydrogen-bond donors (Lipinski definition) is 1. The molecule has 1 rings (SSSR count). The quantitative estimate of drug-likeness (QED) is 0.309. The monoisotopic (exact) mass is 306 g/mol. The van der Waals surface area contributed by atoms with Gasteiger partial charge in [0.25, 0.3) is 0 Å². The van der Waals surface area contributed by atoms with E-state index in [-0.39, 0.29) is 0 Å². The Bertz CT molecular complexity index is 344. The van der Waals surface area contributed by atoms with Gasteiger partial charge in [0.1, 0.15) is 0 Å². The summed E-state index contributed by atoms with van der Waals surface area (Å²) in [6, 6.07) is 0. The molecule has 0 aromatic rings. The van der Waals surface area contributed by atoms with Gasteiger partial charge in [0.15, 0.2) is 0 Å². The minimum Gasteiger partial charge on any atom is -0.481 e. The SMILES string of the molecule is CCCCC[C@H]1C[C@@H]1CC/C=C\C/C=C\CCCCC(=O)O. The minimum atomic E-state index is -0.685. The highest BCUT2D eigenvalue weighted by molar-refractivity contribution is 5.66. The lowest BCUT2D eigenvalue weighted by Gasteiger charge is -1.98. The van der Waals surface area contributed by atoms with Crippen LogP contribution in [-0.4, -0.2) is 11.1 Å². The lowest BCUT2D eigenvalue weighted by molar-refractivity contribution is -0.137. The first-order valence-corrected chi connectivity index (χ1v) is 9.25. The second kappa shape index (κ2) is 12.5. The Labute approximate surface area is 136 Å². The molecular formula is C20H34O2. The maximum atomic E-state index is 10.3. The minimum absolute atomic E-state index is 0.300. The van der Waals surface area contributed by atoms with E-state index in [0.717, 1.165) is 37.5 Å². The van der Waals surface area contributed by atoms with Gasteiger partial charge >= 0.3 is 5.97 Å². The van der Waals surface area contributed by atoms with Gasteiger partial charge in [-0.05, 0) is 56.8 Å². The van der Waals surface area contributed by atoms with Crippen LogP contribution in [0.1, 0.15) is 84.0 Å². The molecule has 0 aromatic carbocycles. The molecule has 22 heavy (non-hydrogen) atoms. The van der Waals surface area contributed by atoms with Gasteiger partial charge in [0, 0.05) is 6.42 Å². The van der Waals surface area contributed by atoms with Gasteiger partial charge in [-0.2, -0.15) is 0 Å². The molecule has 1 N–H and O–H groups in total. The number of carboxylic acids is 1. The molecule has 0 saturated heterocycles. The zero-order valence-corrected chi connectivity index (χ0v) is 14.3. The lowest BCUT2D eigenvalue weighted by Crippen LogP contribution is -1.92. The molecule has 2 atom stereocenters. The standard InChI is InChI=1S/C20H34O2/c1-2-3-11-14-18-17-19(18)15-12-9-7-5-4-6-8-10-13-16-20(21)22/h4,6-7,9,18-19H,2-3,5,8,10-17H2,1H3,(H,21,22)/b6-4-,9-7-/t18-,19-/m0/s1. The fourth-order valence-electron chi connectivity index (χ4n) is 3.03. The molecule has 0 spiro atoms. The van der Waals surface area contributed by atoms with Crippen LogP contribution in [0, 0.1) is 11.8 Å². The lowest BCUT2D eigenvalue weighted by atomic mass is 10.1. The van der Waals surface area contributed by atoms with Crippen molar-refractivity contribution in [3.8, 4) is 0 Å². The average molecular weight is 306 g/mol. The fourth-order valence-corrected chi connectivity index (χ4v) is 3.03. The Balaban J connectivity index is 1.86. The highest BCUT2D eigenvalue weighted by Crippen LogP contribution is 2.45. The molecule has 0 heterocycles. The number of hydrogen-bond acceptors (Lipinski definition) is 1. The normalized spacial score (nSPS) is 21.0. The largest absolute Gasteiger partial charge is 0.481 e. The molecule has 126 valence electrons. The first-order valence-electron chi connectivity index (χ1n) is 9.25. The van der Waals surface area contributed by atoms with E-state index in [0.29, 0.717) is 6.42 Å². The summed E-state index contributed by atoms with van der Waals surface area (Å²) in [5.41, 5.74) is 0. The summed E-state index contributed by atoms with van der Waals surface area (Å²) in [6.45, 7) is 2.28. The number of unbranched alkanes of at least 4 members (excludes halogenated alkanes) is 4. The van der Waals surface area contributed by atoms with Crippen molar-refractivity contribution in [1.29, 1.82) is 0 Å². The van der Waals surface area contributed by atoms with Crippen molar-refractivity contribution in [2.24, 2.45) is 11.8 Å². The number of aliphatic carboxylic acids is 1. The van der Waals surface area contributed by atoms with E-state index in [4.69, 9.17) is 5.11 Å². The number of rotatable bonds is 14. The smallest absolute Gasteiger partial charge is 0.303 e. The predicted octanol–water partition coefficient (Wildman–Crippen LogP) is 6.13. The van der Waals surface area contributed by atoms with Crippen molar-refractivity contribution in [2.75, 3.05) is 0 Å². The molecule has 0 bridgehead atoms. The topological polar surface area (TPSA) is 37.3 Å². The second-order valence-corrected chi connectivity index (χ2v) is 6.65. The van der Waals surface area contributed by atoms with Crippen LogP contribution in [0.25, 0.3) is 0 Å². The van der Waals surface area contributed by atoms with E-state index in [9.17, 15) is 4.79 Å². The van der Waals surface area contributed by atoms with E-state index >= 15 is 0 Å². The van der Waals surface area contributed by atoms with Crippen molar-refractivity contribution in [2.45, 2.75) is 84.0 Å². The molecule has 1 aliphatic rings. The van der Waals surface area contributed by atoms with Crippen molar-refractivity contribution in [3.05, 3.63) is 24.3 Å². The average Bonchev–Trinajstić information content (AvgIpc) is 3.23. The number of allylic oxidation sites excluding steroid dienone is 4. The zero-order chi connectivity index (χ0) is 16.0. The highest BCUT2D eigenvalue weighted by atomic mass is 16.4. The molecule has 1 saturated carbocycles. The Morgan fingerprint density at radius 1 is 0.955 bits per heavy atom. The van der Waals surface area contributed by atoms with E-state index in [1.807, 2.05) is 0 Å². The van der Waals surface area contributed by atoms with Crippen LogP contribution in [0.3, 0.4) is 0 Å². The first-order chi connectivity index (χ1) is 10.7. The Kier molecular flexibility index (Phi) is 10.8. The summed E-state index contributed by atoms with van der Waals surface area (Å²) >= 11 is 0. The second-order valence-electron chi connectivity index (χ2n) is 6.65. The van der Waals surface area contributed by atoms with E-state index in [1.54, 1.807) is 0 Å². The summed E-state index contributed by atoms with van der Waals surface area (Å²) < 4.78 is 0. The van der Waals surface area contributed by atoms with Gasteiger partial charge in [-0.15, -0.1) is 0 Å². The molecule has 1 aliphatic carbocycles. The Morgan fingerprint density at radius 3 is 2.41 bits per heavy atom. The predicted molar refractivity (Wildman–Crippen MR) is 94.0 cm³/mol. The van der Waals surface area contributed by atoms with Crippen LogP contribution >= 0.6 is 0 Å². The summed E-state index contributed by atoms with van der Waals surface area (Å²) in [7, 11) is 0. The summed E-state index contributed by atoms with van der Waals surface area (Å²) in [4.78, 5) is 10.3. The summed E-state index contributed by atoms with van der Waals surface area (Å²) in [5.74, 6) is 1.38. The van der Waals surface area contributed by atoms with Gasteiger partial charge in [-0.25, -0.2) is 0 Å². The number of carboxylic acid groups (broad SMARTS) is 1. The van der Waals surface area contributed by atoms with Gasteiger partial charge < -0.3 is 5.11 Å². The van der Waals surface area contributed by atoms with Crippen molar-refractivity contribution >= 4 is 5.97 Å². The maximum absolute atomic E-state index is 10.3. The first kappa shape index (κ1) is 19.0.